The summed E-state index contributed by atoms with van der Waals surface area (Å²) in [5.74, 6) is -2.15. The van der Waals surface area contributed by atoms with Gasteiger partial charge in [-0.3, -0.25) is 52.7 Å². The first-order valence-electron chi connectivity index (χ1n) is 16.4. The number of azo groups is 2. The summed E-state index contributed by atoms with van der Waals surface area (Å²) >= 11 is 0. The van der Waals surface area contributed by atoms with E-state index in [0.717, 1.165) is 13.7 Å². The van der Waals surface area contributed by atoms with Crippen LogP contribution in [-0.2, 0) is 38.2 Å². The van der Waals surface area contributed by atoms with Gasteiger partial charge in [0.2, 0.25) is 23.1 Å². The Hall–Kier alpha value is -6.73. The fourth-order valence-corrected chi connectivity index (χ4v) is 5.56. The standard InChI is InChI=1S/C19H21N5O5.C15H14N6O4.Cu/c1-5-10(6-2)24-15(25)11-8-7-9-12(13(11)16(24)26)20-21-14-17(27)22(3)19(29)23(4)18(14)28;1-8-10(14(24)21(19-8)9-6-4-3-5-7-9)17-18-11-12(22)16-15(25)20(2)13(11)23;/h7-10,27H,5-6H2,1-4H3;3-7,19,23H,1-2H3,(H,16,22,25);. The quantitative estimate of drug-likeness (QED) is 0.102. The monoisotopic (exact) mass is 804 g/mol. The molecule has 4 heterocycles. The number of para-hydroxylation sites is 1. The first-order chi connectivity index (χ1) is 25.6. The number of hydrogen-bond acceptors (Lipinski definition) is 13. The Kier molecular flexibility index (Phi) is 12.3. The van der Waals surface area contributed by atoms with Gasteiger partial charge in [-0.25, -0.2) is 14.3 Å². The molecule has 21 heteroatoms. The maximum atomic E-state index is 12.9. The van der Waals surface area contributed by atoms with Crippen LogP contribution >= 0.6 is 0 Å². The van der Waals surface area contributed by atoms with Crippen LogP contribution in [0.5, 0.6) is 11.8 Å². The molecule has 0 saturated carbocycles. The normalized spacial score (nSPS) is 12.4. The minimum Gasteiger partial charge on any atom is -0.493 e. The van der Waals surface area contributed by atoms with Gasteiger partial charge >= 0.3 is 11.4 Å². The van der Waals surface area contributed by atoms with Gasteiger partial charge in [0.1, 0.15) is 0 Å². The first-order valence-corrected chi connectivity index (χ1v) is 16.4. The van der Waals surface area contributed by atoms with Crippen LogP contribution in [0.2, 0.25) is 0 Å². The number of aromatic amines is 2. The number of amides is 2. The number of fused-ring (bicyclic) bond motifs is 1. The molecule has 2 aromatic carbocycles. The molecule has 0 unspecified atom stereocenters. The molecule has 2 amide bonds. The number of hydrogen-bond donors (Lipinski definition) is 4. The predicted octanol–water partition coefficient (Wildman–Crippen LogP) is 2.97. The number of nitrogens with zero attached hydrogens (tertiary/aromatic N) is 9. The Balaban J connectivity index is 0.000000243. The Bertz CT molecular complexity index is 2660. The van der Waals surface area contributed by atoms with Crippen LogP contribution in [0.15, 0.2) is 93.0 Å². The van der Waals surface area contributed by atoms with Crippen LogP contribution in [0.3, 0.4) is 0 Å². The molecule has 0 aliphatic carbocycles. The van der Waals surface area contributed by atoms with E-state index < -0.39 is 63.0 Å². The zero-order valence-electron chi connectivity index (χ0n) is 30.2. The maximum Gasteiger partial charge on any atom is 0.333 e. The van der Waals surface area contributed by atoms with Crippen LogP contribution in [0, 0.1) is 6.92 Å². The van der Waals surface area contributed by atoms with E-state index in [1.165, 1.54) is 36.8 Å². The molecule has 0 fully saturated rings. The smallest absolute Gasteiger partial charge is 0.333 e. The van der Waals surface area contributed by atoms with Crippen LogP contribution < -0.4 is 28.1 Å². The summed E-state index contributed by atoms with van der Waals surface area (Å²) in [6.07, 6.45) is 1.25. The largest absolute Gasteiger partial charge is 0.493 e. The van der Waals surface area contributed by atoms with Crippen molar-refractivity contribution in [2.45, 2.75) is 39.7 Å². The molecule has 1 aliphatic rings. The van der Waals surface area contributed by atoms with Gasteiger partial charge in [-0.05, 0) is 44.0 Å². The Morgan fingerprint density at radius 3 is 1.93 bits per heavy atom. The summed E-state index contributed by atoms with van der Waals surface area (Å²) < 4.78 is 3.73. The third kappa shape index (κ3) is 7.55. The topological polar surface area (TPSA) is 264 Å². The van der Waals surface area contributed by atoms with Crippen molar-refractivity contribution >= 4 is 34.6 Å². The van der Waals surface area contributed by atoms with Crippen molar-refractivity contribution in [3.63, 3.8) is 0 Å². The number of benzene rings is 2. The van der Waals surface area contributed by atoms with Crippen molar-refractivity contribution in [1.82, 2.24) is 33.4 Å². The van der Waals surface area contributed by atoms with Gasteiger partial charge in [-0.1, -0.05) is 38.1 Å². The van der Waals surface area contributed by atoms with E-state index in [4.69, 9.17) is 0 Å². The third-order valence-corrected chi connectivity index (χ3v) is 8.67. The van der Waals surface area contributed by atoms with Gasteiger partial charge in [-0.15, -0.1) is 20.5 Å². The molecule has 0 saturated heterocycles. The van der Waals surface area contributed by atoms with Crippen molar-refractivity contribution in [3.8, 4) is 17.4 Å². The fraction of sp³-hybridized carbons (Fsp3) is 0.265. The number of aromatic nitrogens is 6. The summed E-state index contributed by atoms with van der Waals surface area (Å²) in [5, 5.41) is 38.0. The van der Waals surface area contributed by atoms with E-state index in [2.05, 4.69) is 25.6 Å². The van der Waals surface area contributed by atoms with Crippen LogP contribution in [0.4, 0.5) is 22.7 Å². The van der Waals surface area contributed by atoms with E-state index >= 15 is 0 Å². The first kappa shape index (κ1) is 41.0. The molecule has 5 aromatic rings. The molecule has 291 valence electrons. The van der Waals surface area contributed by atoms with Gasteiger partial charge in [0, 0.05) is 44.3 Å². The molecule has 1 aliphatic heterocycles. The predicted molar refractivity (Wildman–Crippen MR) is 193 cm³/mol. The van der Waals surface area contributed by atoms with E-state index in [0.29, 0.717) is 24.2 Å². The molecule has 1 radical (unpaired) electrons. The second kappa shape index (κ2) is 16.5. The van der Waals surface area contributed by atoms with Crippen molar-refractivity contribution < 1.29 is 36.9 Å². The number of nitrogens with one attached hydrogen (secondary N) is 2. The zero-order valence-corrected chi connectivity index (χ0v) is 31.1. The third-order valence-electron chi connectivity index (χ3n) is 8.67. The van der Waals surface area contributed by atoms with Gasteiger partial charge < -0.3 is 10.2 Å². The molecule has 55 heavy (non-hydrogen) atoms. The Labute approximate surface area is 320 Å². The van der Waals surface area contributed by atoms with Crippen molar-refractivity contribution in [3.05, 3.63) is 117 Å². The summed E-state index contributed by atoms with van der Waals surface area (Å²) in [6, 6.07) is 13.2. The Morgan fingerprint density at radius 1 is 0.691 bits per heavy atom. The van der Waals surface area contributed by atoms with Gasteiger partial charge in [-0.2, -0.15) is 0 Å². The SMILES string of the molecule is CCC(CC)N1C(=O)c2cccc(N=Nc3c(O)n(C)c(=O)n(C)c3=O)c2C1=O.Cc1[nH]n(-c2ccccc2)c(=O)c1N=Nc1c(O)n(C)c(=O)[nH]c1=O.[Cu]. The minimum atomic E-state index is -0.902. The van der Waals surface area contributed by atoms with E-state index in [1.807, 2.05) is 24.9 Å². The van der Waals surface area contributed by atoms with E-state index in [1.54, 1.807) is 43.3 Å². The minimum absolute atomic E-state index is 0. The van der Waals surface area contributed by atoms with E-state index in [9.17, 15) is 43.8 Å². The molecular weight excluding hydrogens is 770 g/mol. The zero-order chi connectivity index (χ0) is 39.6. The summed E-state index contributed by atoms with van der Waals surface area (Å²) in [5.41, 5.74) is -3.16. The second-order valence-electron chi connectivity index (χ2n) is 12.0. The van der Waals surface area contributed by atoms with Crippen molar-refractivity contribution in [2.75, 3.05) is 0 Å². The average molecular weight is 805 g/mol. The average Bonchev–Trinajstić information content (AvgIpc) is 3.60. The number of aromatic hydroxyl groups is 2. The van der Waals surface area contributed by atoms with Gasteiger partial charge in [0.05, 0.1) is 28.2 Å². The number of rotatable bonds is 8. The molecule has 20 nitrogen and oxygen atoms in total. The number of carbonyl (C=O) groups excluding carboxylic acids is 2. The van der Waals surface area contributed by atoms with Crippen LogP contribution in [0.25, 0.3) is 5.69 Å². The second-order valence-corrected chi connectivity index (χ2v) is 12.0. The fourth-order valence-electron chi connectivity index (χ4n) is 5.56. The summed E-state index contributed by atoms with van der Waals surface area (Å²) in [4.78, 5) is 88.6. The van der Waals surface area contributed by atoms with Crippen molar-refractivity contribution in [2.24, 2.45) is 41.6 Å². The molecular formula is C34H35CuN11O9. The summed E-state index contributed by atoms with van der Waals surface area (Å²) in [7, 11) is 3.79. The van der Waals surface area contributed by atoms with Gasteiger partial charge in [0.25, 0.3) is 28.5 Å². The molecule has 0 spiro atoms. The Morgan fingerprint density at radius 2 is 1.29 bits per heavy atom. The molecule has 3 aromatic heterocycles. The number of aryl methyl sites for hydroxylation is 1. The molecule has 0 atom stereocenters. The molecule has 6 rings (SSSR count). The van der Waals surface area contributed by atoms with Crippen LogP contribution in [-0.4, -0.2) is 61.4 Å². The molecule has 4 N–H and O–H groups in total. The number of carbonyl (C=O) groups is 2. The molecule has 0 bridgehead atoms. The van der Waals surface area contributed by atoms with Crippen LogP contribution in [0.1, 0.15) is 53.1 Å². The number of H-pyrrole nitrogens is 2. The van der Waals surface area contributed by atoms with Gasteiger partial charge in [0.15, 0.2) is 5.69 Å². The van der Waals surface area contributed by atoms with E-state index in [-0.39, 0.29) is 45.6 Å². The maximum absolute atomic E-state index is 12.9. The summed E-state index contributed by atoms with van der Waals surface area (Å²) in [6.45, 7) is 5.42. The number of imide groups is 1. The van der Waals surface area contributed by atoms with Crippen molar-refractivity contribution in [1.29, 1.82) is 0 Å².